The zero-order valence-corrected chi connectivity index (χ0v) is 7.93. The van der Waals surface area contributed by atoms with Crippen molar-refractivity contribution >= 4 is 10.1 Å². The molecule has 0 atom stereocenters. The largest absolute Gasteiger partial charge is 0.317 e. The molecular weight excluding hydrogens is 182 g/mol. The summed E-state index contributed by atoms with van der Waals surface area (Å²) in [5.41, 5.74) is 2.02. The number of hydrogen-bond donors (Lipinski definition) is 2. The molecule has 2 N–H and O–H groups in total. The zero-order valence-electron chi connectivity index (χ0n) is 7.12. The topological polar surface area (TPSA) is 75.6 Å². The van der Waals surface area contributed by atoms with E-state index in [0.717, 1.165) is 19.1 Å². The summed E-state index contributed by atoms with van der Waals surface area (Å²) in [6.45, 7) is 0.753. The molecule has 0 aliphatic rings. The average molecular weight is 197 g/mol. The average Bonchev–Trinajstić information content (AvgIpc) is 1.94. The summed E-state index contributed by atoms with van der Waals surface area (Å²) in [6, 6.07) is 0. The molecule has 6 heteroatoms. The van der Waals surface area contributed by atoms with E-state index in [9.17, 15) is 8.42 Å². The zero-order chi connectivity index (χ0) is 9.45. The number of unbranched alkanes of at least 4 members (excludes halogenated alkanes) is 2. The summed E-state index contributed by atoms with van der Waals surface area (Å²) in [4.78, 5) is 0. The van der Waals surface area contributed by atoms with Gasteiger partial charge < -0.3 is 5.21 Å². The van der Waals surface area contributed by atoms with Crippen LogP contribution in [0.4, 0.5) is 0 Å². The van der Waals surface area contributed by atoms with E-state index in [1.165, 1.54) is 0 Å². The molecule has 5 nitrogen and oxygen atoms in total. The molecule has 0 bridgehead atoms. The molecule has 0 fully saturated rings. The van der Waals surface area contributed by atoms with Gasteiger partial charge in [-0.2, -0.15) is 8.42 Å². The van der Waals surface area contributed by atoms with E-state index in [-0.39, 0.29) is 6.61 Å². The molecule has 0 aromatic carbocycles. The molecule has 0 rings (SSSR count). The molecule has 0 radical (unpaired) electrons. The Bertz CT molecular complexity index is 190. The van der Waals surface area contributed by atoms with E-state index in [1.54, 1.807) is 0 Å². The van der Waals surface area contributed by atoms with E-state index in [0.29, 0.717) is 13.0 Å². The van der Waals surface area contributed by atoms with E-state index in [1.807, 2.05) is 5.48 Å². The van der Waals surface area contributed by atoms with Crippen LogP contribution in [0.3, 0.4) is 0 Å². The fraction of sp³-hybridized carbons (Fsp3) is 1.00. The minimum absolute atomic E-state index is 0.226. The van der Waals surface area contributed by atoms with Gasteiger partial charge in [-0.15, -0.1) is 0 Å². The first-order chi connectivity index (χ1) is 5.56. The van der Waals surface area contributed by atoms with Gasteiger partial charge in [-0.05, 0) is 19.3 Å². The van der Waals surface area contributed by atoms with Crippen LogP contribution in [0.1, 0.15) is 19.3 Å². The van der Waals surface area contributed by atoms with Crippen molar-refractivity contribution in [1.29, 1.82) is 0 Å². The van der Waals surface area contributed by atoms with Crippen LogP contribution in [0.2, 0.25) is 0 Å². The second-order valence-electron chi connectivity index (χ2n) is 2.49. The Kier molecular flexibility index (Phi) is 6.27. The molecule has 0 aliphatic heterocycles. The Morgan fingerprint density at radius 1 is 1.33 bits per heavy atom. The molecule has 0 saturated carbocycles. The highest BCUT2D eigenvalue weighted by Gasteiger charge is 1.99. The van der Waals surface area contributed by atoms with Crippen molar-refractivity contribution < 1.29 is 17.8 Å². The van der Waals surface area contributed by atoms with E-state index in [2.05, 4.69) is 4.18 Å². The van der Waals surface area contributed by atoms with Crippen molar-refractivity contribution in [3.8, 4) is 0 Å². The summed E-state index contributed by atoms with van der Waals surface area (Å²) in [5, 5.41) is 8.17. The van der Waals surface area contributed by atoms with Crippen molar-refractivity contribution in [2.45, 2.75) is 19.3 Å². The highest BCUT2D eigenvalue weighted by Crippen LogP contribution is 1.96. The van der Waals surface area contributed by atoms with Crippen LogP contribution in [0.15, 0.2) is 0 Å². The van der Waals surface area contributed by atoms with Crippen LogP contribution in [0.5, 0.6) is 0 Å². The lowest BCUT2D eigenvalue weighted by Crippen LogP contribution is -2.09. The van der Waals surface area contributed by atoms with Gasteiger partial charge in [-0.25, -0.2) is 5.48 Å². The van der Waals surface area contributed by atoms with Gasteiger partial charge in [0.25, 0.3) is 10.1 Å². The number of hydroxylamine groups is 1. The highest BCUT2D eigenvalue weighted by atomic mass is 32.2. The first-order valence-corrected chi connectivity index (χ1v) is 5.59. The van der Waals surface area contributed by atoms with Crippen molar-refractivity contribution in [1.82, 2.24) is 5.48 Å². The Morgan fingerprint density at radius 3 is 2.50 bits per heavy atom. The van der Waals surface area contributed by atoms with Crippen LogP contribution in [-0.2, 0) is 14.3 Å². The molecule has 0 aliphatic carbocycles. The van der Waals surface area contributed by atoms with Gasteiger partial charge >= 0.3 is 0 Å². The molecule has 0 unspecified atom stereocenters. The summed E-state index contributed by atoms with van der Waals surface area (Å²) in [5.74, 6) is 0. The van der Waals surface area contributed by atoms with Gasteiger partial charge in [-0.1, -0.05) is 0 Å². The number of nitrogens with one attached hydrogen (secondary N) is 1. The third-order valence-electron chi connectivity index (χ3n) is 1.23. The van der Waals surface area contributed by atoms with Crippen molar-refractivity contribution in [2.75, 3.05) is 19.4 Å². The van der Waals surface area contributed by atoms with Crippen molar-refractivity contribution in [3.63, 3.8) is 0 Å². The molecule has 0 heterocycles. The minimum atomic E-state index is -3.28. The number of hydrogen-bond acceptors (Lipinski definition) is 5. The second kappa shape index (κ2) is 6.36. The maximum absolute atomic E-state index is 10.4. The Balaban J connectivity index is 3.12. The summed E-state index contributed by atoms with van der Waals surface area (Å²) in [7, 11) is -3.28. The summed E-state index contributed by atoms with van der Waals surface area (Å²) < 4.78 is 25.4. The van der Waals surface area contributed by atoms with E-state index in [4.69, 9.17) is 5.21 Å². The van der Waals surface area contributed by atoms with Crippen LogP contribution < -0.4 is 5.48 Å². The molecule has 0 aromatic rings. The Labute approximate surface area is 72.8 Å². The van der Waals surface area contributed by atoms with E-state index >= 15 is 0 Å². The lowest BCUT2D eigenvalue weighted by Gasteiger charge is -2.00. The predicted molar refractivity (Wildman–Crippen MR) is 44.4 cm³/mol. The van der Waals surface area contributed by atoms with Crippen molar-refractivity contribution in [2.24, 2.45) is 0 Å². The summed E-state index contributed by atoms with van der Waals surface area (Å²) >= 11 is 0. The Hall–Kier alpha value is -0.170. The SMILES string of the molecule is CS(=O)(=O)OCCCCCNO. The van der Waals surface area contributed by atoms with Crippen molar-refractivity contribution in [3.05, 3.63) is 0 Å². The van der Waals surface area contributed by atoms with Crippen LogP contribution in [0.25, 0.3) is 0 Å². The lowest BCUT2D eigenvalue weighted by molar-refractivity contribution is 0.164. The first-order valence-electron chi connectivity index (χ1n) is 3.77. The standard InChI is InChI=1S/C6H15NO4S/c1-12(9,10)11-6-4-2-3-5-7-8/h7-8H,2-6H2,1H3. The highest BCUT2D eigenvalue weighted by molar-refractivity contribution is 7.85. The van der Waals surface area contributed by atoms with Gasteiger partial charge in [0.1, 0.15) is 0 Å². The molecule has 0 amide bonds. The molecule has 74 valence electrons. The Morgan fingerprint density at radius 2 is 2.00 bits per heavy atom. The first kappa shape index (κ1) is 11.8. The molecular formula is C6H15NO4S. The van der Waals surface area contributed by atoms with Gasteiger partial charge in [0.05, 0.1) is 12.9 Å². The van der Waals surface area contributed by atoms with Gasteiger partial charge in [0.2, 0.25) is 0 Å². The van der Waals surface area contributed by atoms with Gasteiger partial charge in [0, 0.05) is 6.54 Å². The van der Waals surface area contributed by atoms with E-state index < -0.39 is 10.1 Å². The quantitative estimate of drug-likeness (QED) is 0.344. The maximum atomic E-state index is 10.4. The molecule has 0 aromatic heterocycles. The van der Waals surface area contributed by atoms with Gasteiger partial charge in [-0.3, -0.25) is 4.18 Å². The third-order valence-corrected chi connectivity index (χ3v) is 1.83. The predicted octanol–water partition coefficient (Wildman–Crippen LogP) is 0.112. The smallest absolute Gasteiger partial charge is 0.264 e. The molecule has 0 saturated heterocycles. The second-order valence-corrected chi connectivity index (χ2v) is 4.14. The molecule has 12 heavy (non-hydrogen) atoms. The third kappa shape index (κ3) is 9.83. The van der Waals surface area contributed by atoms with Gasteiger partial charge in [0.15, 0.2) is 0 Å². The lowest BCUT2D eigenvalue weighted by atomic mass is 10.2. The normalized spacial score (nSPS) is 11.8. The van der Waals surface area contributed by atoms with Crippen LogP contribution in [-0.4, -0.2) is 33.0 Å². The maximum Gasteiger partial charge on any atom is 0.264 e. The fourth-order valence-electron chi connectivity index (χ4n) is 0.693. The minimum Gasteiger partial charge on any atom is -0.317 e. The van der Waals surface area contributed by atoms with Crippen LogP contribution >= 0.6 is 0 Å². The van der Waals surface area contributed by atoms with Crippen LogP contribution in [0, 0.1) is 0 Å². The number of rotatable bonds is 7. The summed E-state index contributed by atoms with van der Waals surface area (Å²) in [6.07, 6.45) is 3.36. The fourth-order valence-corrected chi connectivity index (χ4v) is 1.11. The monoisotopic (exact) mass is 197 g/mol. The molecule has 0 spiro atoms.